The zero-order valence-corrected chi connectivity index (χ0v) is 14.7. The Morgan fingerprint density at radius 2 is 2.13 bits per heavy atom. The summed E-state index contributed by atoms with van der Waals surface area (Å²) in [6, 6.07) is 6.50. The minimum Gasteiger partial charge on any atom is -0.357 e. The van der Waals surface area contributed by atoms with Gasteiger partial charge in [0.05, 0.1) is 6.54 Å². The standard InChI is InChI=1S/C18H29FN4/c1-5-20-18(21-11-14(3)23(4)16-8-9-16)22-12-15-7-6-13(2)17(19)10-15/h6-7,10,14,16H,5,8-9,11-12H2,1-4H3,(H2,20,21,22). The van der Waals surface area contributed by atoms with E-state index in [-0.39, 0.29) is 5.82 Å². The second-order valence-electron chi connectivity index (χ2n) is 6.41. The molecule has 23 heavy (non-hydrogen) atoms. The highest BCUT2D eigenvalue weighted by Crippen LogP contribution is 2.26. The minimum absolute atomic E-state index is 0.171. The van der Waals surface area contributed by atoms with Gasteiger partial charge in [0.2, 0.25) is 0 Å². The summed E-state index contributed by atoms with van der Waals surface area (Å²) >= 11 is 0. The van der Waals surface area contributed by atoms with Crippen molar-refractivity contribution in [3.8, 4) is 0 Å². The van der Waals surface area contributed by atoms with Gasteiger partial charge < -0.3 is 10.6 Å². The highest BCUT2D eigenvalue weighted by Gasteiger charge is 2.28. The number of aryl methyl sites for hydroxylation is 1. The molecular formula is C18H29FN4. The van der Waals surface area contributed by atoms with E-state index < -0.39 is 0 Å². The molecule has 1 unspecified atom stereocenters. The van der Waals surface area contributed by atoms with Gasteiger partial charge in [0.1, 0.15) is 5.82 Å². The van der Waals surface area contributed by atoms with E-state index in [4.69, 9.17) is 0 Å². The first-order chi connectivity index (χ1) is 11.0. The third-order valence-corrected chi connectivity index (χ3v) is 4.38. The SMILES string of the molecule is CCNC(=NCc1ccc(C)c(F)c1)NCC(C)N(C)C1CC1. The summed E-state index contributed by atoms with van der Waals surface area (Å²) < 4.78 is 13.6. The van der Waals surface area contributed by atoms with E-state index >= 15 is 0 Å². The number of halogens is 1. The first-order valence-electron chi connectivity index (χ1n) is 8.50. The number of guanidine groups is 1. The lowest BCUT2D eigenvalue weighted by molar-refractivity contribution is 0.247. The Kier molecular flexibility index (Phi) is 6.39. The molecule has 0 aromatic heterocycles. The summed E-state index contributed by atoms with van der Waals surface area (Å²) in [7, 11) is 2.18. The summed E-state index contributed by atoms with van der Waals surface area (Å²) in [6.07, 6.45) is 2.63. The second-order valence-corrected chi connectivity index (χ2v) is 6.41. The van der Waals surface area contributed by atoms with Gasteiger partial charge in [0.15, 0.2) is 5.96 Å². The van der Waals surface area contributed by atoms with E-state index in [0.717, 1.165) is 30.7 Å². The molecule has 1 aromatic carbocycles. The molecule has 1 aliphatic rings. The van der Waals surface area contributed by atoms with E-state index in [1.54, 1.807) is 19.1 Å². The summed E-state index contributed by atoms with van der Waals surface area (Å²) in [5.74, 6) is 0.611. The van der Waals surface area contributed by atoms with Crippen LogP contribution in [0.25, 0.3) is 0 Å². The fourth-order valence-electron chi connectivity index (χ4n) is 2.48. The topological polar surface area (TPSA) is 39.7 Å². The number of hydrogen-bond acceptors (Lipinski definition) is 2. The van der Waals surface area contributed by atoms with Gasteiger partial charge >= 0.3 is 0 Å². The molecule has 1 fully saturated rings. The lowest BCUT2D eigenvalue weighted by Crippen LogP contribution is -2.45. The Bertz CT molecular complexity index is 540. The minimum atomic E-state index is -0.171. The van der Waals surface area contributed by atoms with Gasteiger partial charge in [-0.25, -0.2) is 9.38 Å². The molecular weight excluding hydrogens is 291 g/mol. The average Bonchev–Trinajstić information content (AvgIpc) is 3.37. The van der Waals surface area contributed by atoms with Crippen LogP contribution in [0.15, 0.2) is 23.2 Å². The molecule has 0 amide bonds. The van der Waals surface area contributed by atoms with Crippen LogP contribution in [-0.4, -0.2) is 43.1 Å². The summed E-state index contributed by atoms with van der Waals surface area (Å²) in [4.78, 5) is 6.98. The average molecular weight is 320 g/mol. The zero-order valence-electron chi connectivity index (χ0n) is 14.7. The number of rotatable bonds is 7. The number of benzene rings is 1. The highest BCUT2D eigenvalue weighted by atomic mass is 19.1. The molecule has 1 aliphatic carbocycles. The van der Waals surface area contributed by atoms with Gasteiger partial charge in [0.25, 0.3) is 0 Å². The quantitative estimate of drug-likeness (QED) is 0.599. The third-order valence-electron chi connectivity index (χ3n) is 4.38. The van der Waals surface area contributed by atoms with Gasteiger partial charge in [-0.2, -0.15) is 0 Å². The van der Waals surface area contributed by atoms with Crippen molar-refractivity contribution in [2.24, 2.45) is 4.99 Å². The van der Waals surface area contributed by atoms with E-state index in [9.17, 15) is 4.39 Å². The maximum absolute atomic E-state index is 13.6. The predicted octanol–water partition coefficient (Wildman–Crippen LogP) is 2.67. The molecule has 128 valence electrons. The predicted molar refractivity (Wildman–Crippen MR) is 94.2 cm³/mol. The van der Waals surface area contributed by atoms with Crippen LogP contribution in [-0.2, 0) is 6.54 Å². The smallest absolute Gasteiger partial charge is 0.191 e. The van der Waals surface area contributed by atoms with Crippen LogP contribution in [0.4, 0.5) is 4.39 Å². The second kappa shape index (κ2) is 8.29. The molecule has 5 heteroatoms. The Labute approximate surface area is 139 Å². The fourth-order valence-corrected chi connectivity index (χ4v) is 2.48. The van der Waals surface area contributed by atoms with Crippen LogP contribution >= 0.6 is 0 Å². The number of nitrogens with one attached hydrogen (secondary N) is 2. The Morgan fingerprint density at radius 1 is 1.39 bits per heavy atom. The molecule has 2 N–H and O–H groups in total. The van der Waals surface area contributed by atoms with Crippen LogP contribution in [0.1, 0.15) is 37.8 Å². The van der Waals surface area contributed by atoms with E-state index in [1.165, 1.54) is 12.8 Å². The number of aliphatic imine (C=N–C) groups is 1. The summed E-state index contributed by atoms with van der Waals surface area (Å²) in [5.41, 5.74) is 1.55. The van der Waals surface area contributed by atoms with Crippen LogP contribution in [0.2, 0.25) is 0 Å². The molecule has 0 spiro atoms. The van der Waals surface area contributed by atoms with Crippen LogP contribution in [0.3, 0.4) is 0 Å². The Balaban J connectivity index is 1.89. The van der Waals surface area contributed by atoms with Crippen molar-refractivity contribution < 1.29 is 4.39 Å². The van der Waals surface area contributed by atoms with Crippen LogP contribution in [0.5, 0.6) is 0 Å². The van der Waals surface area contributed by atoms with Crippen molar-refractivity contribution in [1.29, 1.82) is 0 Å². The van der Waals surface area contributed by atoms with Crippen molar-refractivity contribution >= 4 is 5.96 Å². The number of nitrogens with zero attached hydrogens (tertiary/aromatic N) is 2. The zero-order chi connectivity index (χ0) is 16.8. The molecule has 0 radical (unpaired) electrons. The maximum atomic E-state index is 13.6. The summed E-state index contributed by atoms with van der Waals surface area (Å²) in [5, 5.41) is 6.63. The molecule has 0 saturated heterocycles. The highest BCUT2D eigenvalue weighted by molar-refractivity contribution is 5.79. The molecule has 1 aromatic rings. The largest absolute Gasteiger partial charge is 0.357 e. The van der Waals surface area contributed by atoms with Crippen LogP contribution in [0, 0.1) is 12.7 Å². The molecule has 0 bridgehead atoms. The van der Waals surface area contributed by atoms with E-state index in [2.05, 4.69) is 34.5 Å². The normalized spacial score (nSPS) is 16.5. The molecule has 4 nitrogen and oxygen atoms in total. The monoisotopic (exact) mass is 320 g/mol. The maximum Gasteiger partial charge on any atom is 0.191 e. The van der Waals surface area contributed by atoms with Crippen LogP contribution < -0.4 is 10.6 Å². The van der Waals surface area contributed by atoms with Gasteiger partial charge in [0, 0.05) is 25.2 Å². The van der Waals surface area contributed by atoms with Gasteiger partial charge in [-0.15, -0.1) is 0 Å². The van der Waals surface area contributed by atoms with Crippen molar-refractivity contribution in [2.75, 3.05) is 20.1 Å². The van der Waals surface area contributed by atoms with Crippen molar-refractivity contribution in [1.82, 2.24) is 15.5 Å². The third kappa shape index (κ3) is 5.50. The van der Waals surface area contributed by atoms with Crippen molar-refractivity contribution in [3.05, 3.63) is 35.1 Å². The molecule has 1 saturated carbocycles. The van der Waals surface area contributed by atoms with Crippen molar-refractivity contribution in [2.45, 2.75) is 52.2 Å². The van der Waals surface area contributed by atoms with Crippen molar-refractivity contribution in [3.63, 3.8) is 0 Å². The molecule has 1 atom stereocenters. The first-order valence-corrected chi connectivity index (χ1v) is 8.50. The fraction of sp³-hybridized carbons (Fsp3) is 0.611. The lowest BCUT2D eigenvalue weighted by atomic mass is 10.1. The number of likely N-dealkylation sites (N-methyl/N-ethyl adjacent to an activating group) is 1. The number of hydrogen-bond donors (Lipinski definition) is 2. The molecule has 0 heterocycles. The van der Waals surface area contributed by atoms with E-state index in [1.807, 2.05) is 13.0 Å². The first kappa shape index (κ1) is 17.7. The molecule has 0 aliphatic heterocycles. The van der Waals surface area contributed by atoms with Gasteiger partial charge in [-0.05, 0) is 57.9 Å². The summed E-state index contributed by atoms with van der Waals surface area (Å²) in [6.45, 7) is 8.17. The Morgan fingerprint density at radius 3 is 2.74 bits per heavy atom. The van der Waals surface area contributed by atoms with Gasteiger partial charge in [-0.1, -0.05) is 12.1 Å². The van der Waals surface area contributed by atoms with Gasteiger partial charge in [-0.3, -0.25) is 4.90 Å². The lowest BCUT2D eigenvalue weighted by Gasteiger charge is -2.25. The Hall–Kier alpha value is -1.62. The van der Waals surface area contributed by atoms with E-state index in [0.29, 0.717) is 18.2 Å². The molecule has 2 rings (SSSR count).